The summed E-state index contributed by atoms with van der Waals surface area (Å²) in [5, 5.41) is 0. The van der Waals surface area contributed by atoms with Crippen molar-refractivity contribution in [1.82, 2.24) is 4.90 Å². The highest BCUT2D eigenvalue weighted by molar-refractivity contribution is 5.73. The van der Waals surface area contributed by atoms with E-state index in [4.69, 9.17) is 4.74 Å². The van der Waals surface area contributed by atoms with Gasteiger partial charge in [-0.05, 0) is 6.07 Å². The second-order valence-corrected chi connectivity index (χ2v) is 3.10. The van der Waals surface area contributed by atoms with Crippen molar-refractivity contribution in [2.45, 2.75) is 13.5 Å². The molecule has 0 bridgehead atoms. The van der Waals surface area contributed by atoms with E-state index < -0.39 is 0 Å². The van der Waals surface area contributed by atoms with E-state index in [-0.39, 0.29) is 5.91 Å². The summed E-state index contributed by atoms with van der Waals surface area (Å²) in [6.45, 7) is 2.58. The molecule has 1 amide bonds. The van der Waals surface area contributed by atoms with Gasteiger partial charge < -0.3 is 9.64 Å². The molecule has 0 saturated heterocycles. The van der Waals surface area contributed by atoms with Gasteiger partial charge in [-0.15, -0.1) is 0 Å². The highest BCUT2D eigenvalue weighted by atomic mass is 16.5. The van der Waals surface area contributed by atoms with E-state index in [0.717, 1.165) is 11.3 Å². The van der Waals surface area contributed by atoms with Crippen LogP contribution in [0.1, 0.15) is 12.5 Å². The molecule has 0 fully saturated rings. The van der Waals surface area contributed by atoms with Crippen LogP contribution >= 0.6 is 0 Å². The molecule has 13 heavy (non-hydrogen) atoms. The summed E-state index contributed by atoms with van der Waals surface area (Å²) >= 11 is 0. The molecule has 0 atom stereocenters. The van der Waals surface area contributed by atoms with Crippen LogP contribution in [0.4, 0.5) is 0 Å². The molecule has 68 valence electrons. The van der Waals surface area contributed by atoms with E-state index >= 15 is 0 Å². The van der Waals surface area contributed by atoms with Gasteiger partial charge in [-0.25, -0.2) is 0 Å². The second kappa shape index (κ2) is 3.09. The number of amides is 1. The fourth-order valence-corrected chi connectivity index (χ4v) is 1.38. The van der Waals surface area contributed by atoms with Crippen molar-refractivity contribution >= 4 is 5.91 Å². The van der Waals surface area contributed by atoms with Crippen LogP contribution in [0.25, 0.3) is 0 Å². The summed E-state index contributed by atoms with van der Waals surface area (Å²) in [5.41, 5.74) is 1.07. The minimum atomic E-state index is 0.0505. The maximum absolute atomic E-state index is 11.1. The van der Waals surface area contributed by atoms with Crippen LogP contribution in [0, 0.1) is 0 Å². The number of hydrogen-bond donors (Lipinski definition) is 0. The molecule has 0 aliphatic carbocycles. The molecule has 0 aromatic heterocycles. The molecule has 0 N–H and O–H groups in total. The van der Waals surface area contributed by atoms with Gasteiger partial charge >= 0.3 is 0 Å². The molecule has 3 heteroatoms. The Labute approximate surface area is 76.9 Å². The number of carbonyl (C=O) groups excluding carboxylic acids is 1. The number of nitrogens with zero attached hydrogens (tertiary/aromatic N) is 1. The Morgan fingerprint density at radius 1 is 1.46 bits per heavy atom. The third-order valence-corrected chi connectivity index (χ3v) is 2.16. The molecule has 3 nitrogen and oxygen atoms in total. The molecule has 1 aliphatic rings. The monoisotopic (exact) mass is 177 g/mol. The normalized spacial score (nSPS) is 14.7. The number of benzene rings is 1. The minimum Gasteiger partial charge on any atom is -0.473 e. The van der Waals surface area contributed by atoms with Gasteiger partial charge in [0.1, 0.15) is 5.75 Å². The van der Waals surface area contributed by atoms with Crippen molar-refractivity contribution in [2.75, 3.05) is 6.73 Å². The lowest BCUT2D eigenvalue weighted by atomic mass is 10.2. The molecule has 2 rings (SSSR count). The van der Waals surface area contributed by atoms with E-state index in [1.54, 1.807) is 11.8 Å². The Morgan fingerprint density at radius 2 is 2.23 bits per heavy atom. The van der Waals surface area contributed by atoms with Crippen molar-refractivity contribution in [3.63, 3.8) is 0 Å². The third-order valence-electron chi connectivity index (χ3n) is 2.16. The number of para-hydroxylation sites is 1. The fourth-order valence-electron chi connectivity index (χ4n) is 1.38. The summed E-state index contributed by atoms with van der Waals surface area (Å²) < 4.78 is 5.40. The standard InChI is InChI=1S/C10H11NO2/c1-8(12)11-6-9-4-2-3-5-10(9)13-7-11/h2-5H,6-7H2,1H3. The van der Waals surface area contributed by atoms with E-state index in [9.17, 15) is 4.79 Å². The molecular formula is C10H11NO2. The average molecular weight is 177 g/mol. The van der Waals surface area contributed by atoms with E-state index in [1.807, 2.05) is 24.3 Å². The van der Waals surface area contributed by atoms with E-state index in [1.165, 1.54) is 0 Å². The number of fused-ring (bicyclic) bond motifs is 1. The molecule has 1 aromatic carbocycles. The highest BCUT2D eigenvalue weighted by Crippen LogP contribution is 2.23. The van der Waals surface area contributed by atoms with Gasteiger partial charge in [0.05, 0.1) is 6.54 Å². The topological polar surface area (TPSA) is 29.5 Å². The van der Waals surface area contributed by atoms with E-state index in [2.05, 4.69) is 0 Å². The number of hydrogen-bond acceptors (Lipinski definition) is 2. The summed E-state index contributed by atoms with van der Waals surface area (Å²) in [5.74, 6) is 0.939. The first-order valence-electron chi connectivity index (χ1n) is 4.23. The second-order valence-electron chi connectivity index (χ2n) is 3.10. The van der Waals surface area contributed by atoms with Crippen molar-refractivity contribution in [3.8, 4) is 5.75 Å². The van der Waals surface area contributed by atoms with Crippen LogP contribution in [-0.4, -0.2) is 17.5 Å². The minimum absolute atomic E-state index is 0.0505. The Bertz CT molecular complexity index is 335. The molecule has 0 spiro atoms. The van der Waals surface area contributed by atoms with Gasteiger partial charge in [0.25, 0.3) is 0 Å². The van der Waals surface area contributed by atoms with Gasteiger partial charge in [0.15, 0.2) is 6.73 Å². The molecule has 1 aliphatic heterocycles. The summed E-state index contributed by atoms with van der Waals surface area (Å²) in [6.07, 6.45) is 0. The first-order valence-corrected chi connectivity index (χ1v) is 4.23. The van der Waals surface area contributed by atoms with Gasteiger partial charge in [-0.2, -0.15) is 0 Å². The van der Waals surface area contributed by atoms with Crippen LogP contribution in [0.15, 0.2) is 24.3 Å². The summed E-state index contributed by atoms with van der Waals surface area (Å²) in [4.78, 5) is 12.7. The van der Waals surface area contributed by atoms with Crippen molar-refractivity contribution < 1.29 is 9.53 Å². The zero-order chi connectivity index (χ0) is 9.26. The highest BCUT2D eigenvalue weighted by Gasteiger charge is 2.17. The molecular weight excluding hydrogens is 166 g/mol. The van der Waals surface area contributed by atoms with E-state index in [0.29, 0.717) is 13.3 Å². The molecule has 0 radical (unpaired) electrons. The number of carbonyl (C=O) groups is 1. The quantitative estimate of drug-likeness (QED) is 0.599. The van der Waals surface area contributed by atoms with Crippen LogP contribution in [0.2, 0.25) is 0 Å². The van der Waals surface area contributed by atoms with Crippen molar-refractivity contribution in [2.24, 2.45) is 0 Å². The average Bonchev–Trinajstić information content (AvgIpc) is 2.17. The molecule has 0 saturated carbocycles. The van der Waals surface area contributed by atoms with Crippen LogP contribution in [0.3, 0.4) is 0 Å². The van der Waals surface area contributed by atoms with Crippen molar-refractivity contribution in [3.05, 3.63) is 29.8 Å². The van der Waals surface area contributed by atoms with Gasteiger partial charge in [0, 0.05) is 12.5 Å². The Balaban J connectivity index is 2.24. The first-order chi connectivity index (χ1) is 6.27. The van der Waals surface area contributed by atoms with Crippen molar-refractivity contribution in [1.29, 1.82) is 0 Å². The lowest BCUT2D eigenvalue weighted by molar-refractivity contribution is -0.133. The predicted octanol–water partition coefficient (Wildman–Crippen LogP) is 1.39. The Kier molecular flexibility index (Phi) is 1.93. The largest absolute Gasteiger partial charge is 0.473 e. The Morgan fingerprint density at radius 3 is 3.00 bits per heavy atom. The maximum Gasteiger partial charge on any atom is 0.222 e. The zero-order valence-electron chi connectivity index (χ0n) is 7.49. The number of ether oxygens (including phenoxy) is 1. The predicted molar refractivity (Wildman–Crippen MR) is 48.2 cm³/mol. The lowest BCUT2D eigenvalue weighted by Crippen LogP contribution is -2.35. The van der Waals surface area contributed by atoms with Gasteiger partial charge in [0.2, 0.25) is 5.91 Å². The zero-order valence-corrected chi connectivity index (χ0v) is 7.49. The van der Waals surface area contributed by atoms with Crippen LogP contribution in [-0.2, 0) is 11.3 Å². The first kappa shape index (κ1) is 8.10. The lowest BCUT2D eigenvalue weighted by Gasteiger charge is -2.27. The number of rotatable bonds is 0. The smallest absolute Gasteiger partial charge is 0.222 e. The summed E-state index contributed by atoms with van der Waals surface area (Å²) in [7, 11) is 0. The SMILES string of the molecule is CC(=O)N1COc2ccccc2C1. The fraction of sp³-hybridized carbons (Fsp3) is 0.300. The summed E-state index contributed by atoms with van der Waals surface area (Å²) in [6, 6.07) is 7.78. The Hall–Kier alpha value is -1.51. The van der Waals surface area contributed by atoms with Gasteiger partial charge in [-0.1, -0.05) is 18.2 Å². The van der Waals surface area contributed by atoms with Crippen LogP contribution in [0.5, 0.6) is 5.75 Å². The molecule has 0 unspecified atom stereocenters. The molecule has 1 heterocycles. The maximum atomic E-state index is 11.1. The van der Waals surface area contributed by atoms with Gasteiger partial charge in [-0.3, -0.25) is 4.79 Å². The third kappa shape index (κ3) is 1.49. The van der Waals surface area contributed by atoms with Crippen LogP contribution < -0.4 is 4.74 Å². The molecule has 1 aromatic rings.